The van der Waals surface area contributed by atoms with Gasteiger partial charge in [-0.15, -0.1) is 0 Å². The minimum absolute atomic E-state index is 0.678. The van der Waals surface area contributed by atoms with Crippen LogP contribution in [0.4, 0.5) is 0 Å². The molecule has 4 heteroatoms. The van der Waals surface area contributed by atoms with E-state index in [-0.39, 0.29) is 0 Å². The van der Waals surface area contributed by atoms with Crippen molar-refractivity contribution in [2.45, 2.75) is 85.1 Å². The largest absolute Gasteiger partial charge is 0.500 e. The van der Waals surface area contributed by atoms with Gasteiger partial charge in [0.2, 0.25) is 0 Å². The van der Waals surface area contributed by atoms with Gasteiger partial charge in [0, 0.05) is 25.9 Å². The second kappa shape index (κ2) is 14.1. The first-order chi connectivity index (χ1) is 9.74. The molecule has 0 rings (SSSR count). The monoisotopic (exact) mass is 304 g/mol. The average Bonchev–Trinajstić information content (AvgIpc) is 2.46. The molecule has 0 amide bonds. The maximum atomic E-state index is 6.00. The fourth-order valence-corrected chi connectivity index (χ4v) is 4.53. The predicted molar refractivity (Wildman–Crippen MR) is 88.0 cm³/mol. The van der Waals surface area contributed by atoms with Gasteiger partial charge in [0.15, 0.2) is 0 Å². The van der Waals surface area contributed by atoms with E-state index in [2.05, 4.69) is 13.8 Å². The summed E-state index contributed by atoms with van der Waals surface area (Å²) in [5.74, 6) is 0. The van der Waals surface area contributed by atoms with Crippen molar-refractivity contribution in [3.63, 3.8) is 0 Å². The predicted octanol–water partition coefficient (Wildman–Crippen LogP) is 5.18. The number of hydrogen-bond acceptors (Lipinski definition) is 3. The smallest absolute Gasteiger partial charge is 0.374 e. The van der Waals surface area contributed by atoms with E-state index in [9.17, 15) is 0 Å². The molecule has 0 aliphatic rings. The second-order valence-corrected chi connectivity index (χ2v) is 8.17. The third kappa shape index (κ3) is 9.92. The fourth-order valence-electron chi connectivity index (χ4n) is 2.33. The Morgan fingerprint density at radius 1 is 0.600 bits per heavy atom. The molecule has 0 saturated heterocycles. The Morgan fingerprint density at radius 2 is 1.10 bits per heavy atom. The molecule has 0 fully saturated rings. The van der Waals surface area contributed by atoms with Crippen molar-refractivity contribution < 1.29 is 13.3 Å². The summed E-state index contributed by atoms with van der Waals surface area (Å²) >= 11 is 0. The average molecular weight is 305 g/mol. The molecule has 0 aliphatic heterocycles. The zero-order chi connectivity index (χ0) is 15.1. The summed E-state index contributed by atoms with van der Waals surface area (Å²) in [6.07, 6.45) is 10.6. The molecule has 20 heavy (non-hydrogen) atoms. The summed E-state index contributed by atoms with van der Waals surface area (Å²) in [6, 6.07) is 0.867. The Balaban J connectivity index is 3.62. The van der Waals surface area contributed by atoms with Gasteiger partial charge in [-0.1, -0.05) is 58.8 Å². The van der Waals surface area contributed by atoms with Crippen LogP contribution in [0.15, 0.2) is 0 Å². The van der Waals surface area contributed by atoms with E-state index in [1.807, 2.05) is 13.8 Å². The molecule has 0 spiro atoms. The molecular weight excluding hydrogens is 268 g/mol. The van der Waals surface area contributed by atoms with Crippen molar-refractivity contribution in [1.82, 2.24) is 0 Å². The van der Waals surface area contributed by atoms with Crippen LogP contribution in [0.5, 0.6) is 0 Å². The molecule has 0 unspecified atom stereocenters. The number of rotatable bonds is 15. The Hall–Kier alpha value is 0.0969. The van der Waals surface area contributed by atoms with Crippen LogP contribution in [0.2, 0.25) is 6.04 Å². The van der Waals surface area contributed by atoms with Crippen LogP contribution in [0.1, 0.15) is 79.1 Å². The van der Waals surface area contributed by atoms with Crippen LogP contribution in [-0.4, -0.2) is 28.6 Å². The summed E-state index contributed by atoms with van der Waals surface area (Å²) in [7, 11) is -2.36. The molecule has 0 saturated carbocycles. The van der Waals surface area contributed by atoms with E-state index in [1.54, 1.807) is 0 Å². The van der Waals surface area contributed by atoms with E-state index >= 15 is 0 Å². The zero-order valence-electron chi connectivity index (χ0n) is 14.2. The molecule has 0 aromatic rings. The van der Waals surface area contributed by atoms with Crippen LogP contribution < -0.4 is 0 Å². The maximum absolute atomic E-state index is 6.00. The van der Waals surface area contributed by atoms with Crippen LogP contribution in [0, 0.1) is 0 Å². The highest BCUT2D eigenvalue weighted by molar-refractivity contribution is 6.60. The van der Waals surface area contributed by atoms with Gasteiger partial charge in [-0.05, 0) is 20.3 Å². The lowest BCUT2D eigenvalue weighted by molar-refractivity contribution is 0.0668. The lowest BCUT2D eigenvalue weighted by Gasteiger charge is -2.27. The molecule has 3 nitrogen and oxygen atoms in total. The van der Waals surface area contributed by atoms with Crippen molar-refractivity contribution in [1.29, 1.82) is 0 Å². The normalized spacial score (nSPS) is 12.0. The van der Waals surface area contributed by atoms with Gasteiger partial charge in [0.05, 0.1) is 0 Å². The number of hydrogen-bond donors (Lipinski definition) is 0. The molecule has 0 N–H and O–H groups in total. The molecule has 0 heterocycles. The quantitative estimate of drug-likeness (QED) is 0.308. The molecule has 0 aromatic carbocycles. The molecule has 0 aromatic heterocycles. The van der Waals surface area contributed by atoms with Gasteiger partial charge < -0.3 is 13.3 Å². The van der Waals surface area contributed by atoms with E-state index < -0.39 is 8.80 Å². The first kappa shape index (κ1) is 20.1. The molecule has 0 radical (unpaired) electrons. The van der Waals surface area contributed by atoms with E-state index in [0.29, 0.717) is 13.2 Å². The highest BCUT2D eigenvalue weighted by Gasteiger charge is 2.38. The van der Waals surface area contributed by atoms with Crippen molar-refractivity contribution in [2.75, 3.05) is 19.8 Å². The highest BCUT2D eigenvalue weighted by atomic mass is 28.4. The maximum Gasteiger partial charge on any atom is 0.500 e. The minimum Gasteiger partial charge on any atom is -0.374 e. The van der Waals surface area contributed by atoms with E-state index in [0.717, 1.165) is 19.1 Å². The Bertz CT molecular complexity index is 194. The molecule has 0 atom stereocenters. The number of unbranched alkanes of at least 4 members (excludes halogenated alkanes) is 7. The van der Waals surface area contributed by atoms with Gasteiger partial charge in [0.25, 0.3) is 0 Å². The van der Waals surface area contributed by atoms with Gasteiger partial charge in [-0.25, -0.2) is 0 Å². The summed E-state index contributed by atoms with van der Waals surface area (Å²) in [6.45, 7) is 10.5. The third-order valence-electron chi connectivity index (χ3n) is 3.48. The van der Waals surface area contributed by atoms with Crippen molar-refractivity contribution in [3.05, 3.63) is 0 Å². The second-order valence-electron chi connectivity index (χ2n) is 5.23. The van der Waals surface area contributed by atoms with Crippen LogP contribution in [-0.2, 0) is 13.3 Å². The van der Waals surface area contributed by atoms with Crippen LogP contribution in [0.25, 0.3) is 0 Å². The third-order valence-corrected chi connectivity index (χ3v) is 6.45. The Labute approximate surface area is 127 Å². The summed E-state index contributed by atoms with van der Waals surface area (Å²) in [5.41, 5.74) is 0. The van der Waals surface area contributed by atoms with Crippen LogP contribution >= 0.6 is 0 Å². The Morgan fingerprint density at radius 3 is 1.55 bits per heavy atom. The lowest BCUT2D eigenvalue weighted by Crippen LogP contribution is -2.45. The molecule has 0 bridgehead atoms. The van der Waals surface area contributed by atoms with Crippen molar-refractivity contribution >= 4 is 8.80 Å². The standard InChI is InChI=1S/C16H36O3Si/c1-5-9-10-11-12-13-14-15-16-19-20(8-4,17-6-2)18-7-3/h5-16H2,1-4H3. The van der Waals surface area contributed by atoms with Gasteiger partial charge in [0.1, 0.15) is 0 Å². The van der Waals surface area contributed by atoms with E-state index in [1.165, 1.54) is 44.9 Å². The topological polar surface area (TPSA) is 27.7 Å². The molecule has 0 aliphatic carbocycles. The van der Waals surface area contributed by atoms with Crippen molar-refractivity contribution in [3.8, 4) is 0 Å². The van der Waals surface area contributed by atoms with Gasteiger partial charge in [-0.2, -0.15) is 0 Å². The first-order valence-electron chi connectivity index (χ1n) is 8.66. The molecular formula is C16H36O3Si. The first-order valence-corrected chi connectivity index (χ1v) is 10.6. The summed E-state index contributed by atoms with van der Waals surface area (Å²) in [5, 5.41) is 0. The van der Waals surface area contributed by atoms with Gasteiger partial charge >= 0.3 is 8.80 Å². The fraction of sp³-hybridized carbons (Fsp3) is 1.00. The van der Waals surface area contributed by atoms with Gasteiger partial charge in [-0.3, -0.25) is 0 Å². The zero-order valence-corrected chi connectivity index (χ0v) is 15.2. The van der Waals surface area contributed by atoms with Crippen LogP contribution in [0.3, 0.4) is 0 Å². The van der Waals surface area contributed by atoms with E-state index in [4.69, 9.17) is 13.3 Å². The SMILES string of the molecule is CCCCCCCCCCO[Si](CC)(OCC)OCC. The summed E-state index contributed by atoms with van der Waals surface area (Å²) < 4.78 is 17.6. The summed E-state index contributed by atoms with van der Waals surface area (Å²) in [4.78, 5) is 0. The van der Waals surface area contributed by atoms with Crippen molar-refractivity contribution in [2.24, 2.45) is 0 Å². The molecule has 122 valence electrons. The minimum atomic E-state index is -2.36. The Kier molecular flexibility index (Phi) is 14.1. The lowest BCUT2D eigenvalue weighted by atomic mass is 10.1. The highest BCUT2D eigenvalue weighted by Crippen LogP contribution is 2.16.